The maximum atomic E-state index is 11.2. The Morgan fingerprint density at radius 1 is 1.35 bits per heavy atom. The molecule has 1 aliphatic rings. The van der Waals surface area contributed by atoms with E-state index in [9.17, 15) is 15.2 Å². The number of nitriles is 1. The molecule has 0 aromatic heterocycles. The van der Waals surface area contributed by atoms with Crippen LogP contribution >= 0.6 is 23.2 Å². The van der Waals surface area contributed by atoms with Gasteiger partial charge in [-0.15, -0.1) is 0 Å². The van der Waals surface area contributed by atoms with Crippen LogP contribution in [-0.2, 0) is 4.79 Å². The Bertz CT molecular complexity index is 644. The van der Waals surface area contributed by atoms with Gasteiger partial charge in [0.25, 0.3) is 0 Å². The van der Waals surface area contributed by atoms with Crippen LogP contribution in [0, 0.1) is 28.6 Å². The third kappa shape index (κ3) is 2.54. The summed E-state index contributed by atoms with van der Waals surface area (Å²) in [6, 6.07) is 7.16. The molecule has 1 saturated carbocycles. The van der Waals surface area contributed by atoms with Crippen LogP contribution in [-0.4, -0.2) is 11.1 Å². The van der Waals surface area contributed by atoms with Crippen LogP contribution in [0.3, 0.4) is 0 Å². The second-order valence-electron chi connectivity index (χ2n) is 5.50. The highest BCUT2D eigenvalue weighted by atomic mass is 35.5. The number of hydrogen-bond donors (Lipinski definition) is 1. The molecule has 0 radical (unpaired) electrons. The van der Waals surface area contributed by atoms with E-state index in [1.165, 1.54) is 0 Å². The van der Waals surface area contributed by atoms with Gasteiger partial charge in [0.2, 0.25) is 0 Å². The summed E-state index contributed by atoms with van der Waals surface area (Å²) in [5.74, 6) is -1.65. The summed E-state index contributed by atoms with van der Waals surface area (Å²) in [5.41, 5.74) is 0.799. The number of benzene rings is 1. The number of hydrogen-bond acceptors (Lipinski definition) is 2. The summed E-state index contributed by atoms with van der Waals surface area (Å²) >= 11 is 11.8. The van der Waals surface area contributed by atoms with E-state index in [1.54, 1.807) is 24.3 Å². The van der Waals surface area contributed by atoms with Gasteiger partial charge in [-0.3, -0.25) is 4.79 Å². The van der Waals surface area contributed by atoms with Gasteiger partial charge < -0.3 is 5.11 Å². The Labute approximate surface area is 127 Å². The van der Waals surface area contributed by atoms with E-state index in [1.807, 2.05) is 13.8 Å². The lowest BCUT2D eigenvalue weighted by Crippen LogP contribution is -2.03. The van der Waals surface area contributed by atoms with Crippen molar-refractivity contribution >= 4 is 35.2 Å². The second kappa shape index (κ2) is 5.12. The Hall–Kier alpha value is -1.50. The third-order valence-electron chi connectivity index (χ3n) is 3.82. The van der Waals surface area contributed by atoms with Crippen LogP contribution in [0.2, 0.25) is 10.0 Å². The molecule has 0 aliphatic heterocycles. The van der Waals surface area contributed by atoms with Gasteiger partial charge in [-0.1, -0.05) is 43.1 Å². The molecule has 1 N–H and O–H groups in total. The van der Waals surface area contributed by atoms with Crippen molar-refractivity contribution < 1.29 is 9.90 Å². The highest BCUT2D eigenvalue weighted by Gasteiger charge is 2.63. The van der Waals surface area contributed by atoms with Crippen molar-refractivity contribution in [3.05, 3.63) is 39.4 Å². The largest absolute Gasteiger partial charge is 0.481 e. The topological polar surface area (TPSA) is 61.1 Å². The highest BCUT2D eigenvalue weighted by Crippen LogP contribution is 2.61. The first-order valence-corrected chi connectivity index (χ1v) is 6.84. The summed E-state index contributed by atoms with van der Waals surface area (Å²) in [6.07, 6.45) is 1.68. The first-order chi connectivity index (χ1) is 9.28. The number of rotatable bonds is 3. The summed E-state index contributed by atoms with van der Waals surface area (Å²) in [7, 11) is 0. The second-order valence-corrected chi connectivity index (χ2v) is 6.31. The zero-order valence-electron chi connectivity index (χ0n) is 11.0. The fraction of sp³-hybridized carbons (Fsp3) is 0.333. The summed E-state index contributed by atoms with van der Waals surface area (Å²) in [6.45, 7) is 3.72. The molecule has 0 amide bonds. The fourth-order valence-corrected chi connectivity index (χ4v) is 2.96. The summed E-state index contributed by atoms with van der Waals surface area (Å²) in [4.78, 5) is 11.2. The first-order valence-electron chi connectivity index (χ1n) is 6.08. The van der Waals surface area contributed by atoms with E-state index in [0.717, 1.165) is 5.56 Å². The standard InChI is InChI=1S/C15H13Cl2NO2/c1-15(2)12(13(15)14(19)20)9(7-18)5-8-3-4-10(16)11(17)6-8/h3-6,12-13H,1-2H3,(H,19,20)/t12-,13+/m1/s1. The number of carbonyl (C=O) groups is 1. The molecule has 1 fully saturated rings. The van der Waals surface area contributed by atoms with Gasteiger partial charge in [0.15, 0.2) is 0 Å². The van der Waals surface area contributed by atoms with Crippen LogP contribution in [0.5, 0.6) is 0 Å². The molecular formula is C15H13Cl2NO2. The van der Waals surface area contributed by atoms with E-state index >= 15 is 0 Å². The van der Waals surface area contributed by atoms with Gasteiger partial charge in [0, 0.05) is 11.5 Å². The lowest BCUT2D eigenvalue weighted by atomic mass is 10.0. The number of allylic oxidation sites excluding steroid dienone is 1. The van der Waals surface area contributed by atoms with Crippen molar-refractivity contribution in [2.45, 2.75) is 13.8 Å². The van der Waals surface area contributed by atoms with Gasteiger partial charge in [0.05, 0.1) is 22.0 Å². The third-order valence-corrected chi connectivity index (χ3v) is 4.56. The summed E-state index contributed by atoms with van der Waals surface area (Å²) < 4.78 is 0. The molecule has 20 heavy (non-hydrogen) atoms. The molecule has 0 bridgehead atoms. The fourth-order valence-electron chi connectivity index (χ4n) is 2.65. The van der Waals surface area contributed by atoms with Gasteiger partial charge >= 0.3 is 5.97 Å². The van der Waals surface area contributed by atoms with Crippen molar-refractivity contribution in [1.29, 1.82) is 5.26 Å². The number of aliphatic carboxylic acids is 1. The van der Waals surface area contributed by atoms with Crippen LogP contribution in [0.15, 0.2) is 23.8 Å². The van der Waals surface area contributed by atoms with Crippen molar-refractivity contribution in [2.24, 2.45) is 17.3 Å². The SMILES string of the molecule is CC1(C)[C@H](C(=O)O)[C@H]1C(C#N)=Cc1ccc(Cl)c(Cl)c1. The Morgan fingerprint density at radius 2 is 2.00 bits per heavy atom. The number of carboxylic acid groups (broad SMARTS) is 1. The van der Waals surface area contributed by atoms with E-state index in [0.29, 0.717) is 15.6 Å². The van der Waals surface area contributed by atoms with Crippen molar-refractivity contribution in [3.63, 3.8) is 0 Å². The van der Waals surface area contributed by atoms with Crippen LogP contribution in [0.4, 0.5) is 0 Å². The summed E-state index contributed by atoms with van der Waals surface area (Å²) in [5, 5.41) is 19.3. The minimum absolute atomic E-state index is 0.264. The van der Waals surface area contributed by atoms with E-state index in [2.05, 4.69) is 6.07 Å². The van der Waals surface area contributed by atoms with Crippen molar-refractivity contribution in [3.8, 4) is 6.07 Å². The molecule has 1 aliphatic carbocycles. The van der Waals surface area contributed by atoms with E-state index < -0.39 is 17.3 Å². The van der Waals surface area contributed by atoms with Crippen LogP contribution in [0.1, 0.15) is 19.4 Å². The number of halogens is 2. The molecule has 2 rings (SSSR count). The molecule has 0 spiro atoms. The highest BCUT2D eigenvalue weighted by molar-refractivity contribution is 6.42. The zero-order valence-corrected chi connectivity index (χ0v) is 12.5. The molecule has 1 aromatic carbocycles. The quantitative estimate of drug-likeness (QED) is 0.849. The Morgan fingerprint density at radius 3 is 2.45 bits per heavy atom. The predicted octanol–water partition coefficient (Wildman–Crippen LogP) is 4.26. The van der Waals surface area contributed by atoms with Gasteiger partial charge in [-0.25, -0.2) is 0 Å². The van der Waals surface area contributed by atoms with Gasteiger partial charge in [-0.05, 0) is 29.2 Å². The average Bonchev–Trinajstić information content (AvgIpc) is 2.94. The number of nitrogens with zero attached hydrogens (tertiary/aromatic N) is 1. The van der Waals surface area contributed by atoms with E-state index in [-0.39, 0.29) is 5.92 Å². The number of carboxylic acids is 1. The zero-order chi connectivity index (χ0) is 15.1. The molecule has 0 heterocycles. The molecule has 104 valence electrons. The van der Waals surface area contributed by atoms with Crippen molar-refractivity contribution in [1.82, 2.24) is 0 Å². The maximum absolute atomic E-state index is 11.2. The van der Waals surface area contributed by atoms with Crippen molar-refractivity contribution in [2.75, 3.05) is 0 Å². The smallest absolute Gasteiger partial charge is 0.307 e. The minimum atomic E-state index is -0.865. The van der Waals surface area contributed by atoms with E-state index in [4.69, 9.17) is 23.2 Å². The molecular weight excluding hydrogens is 297 g/mol. The maximum Gasteiger partial charge on any atom is 0.307 e. The van der Waals surface area contributed by atoms with Crippen LogP contribution < -0.4 is 0 Å². The molecule has 3 nitrogen and oxygen atoms in total. The molecule has 0 saturated heterocycles. The lowest BCUT2D eigenvalue weighted by Gasteiger charge is -2.02. The van der Waals surface area contributed by atoms with Gasteiger partial charge in [-0.2, -0.15) is 5.26 Å². The molecule has 2 atom stereocenters. The lowest BCUT2D eigenvalue weighted by molar-refractivity contribution is -0.139. The van der Waals surface area contributed by atoms with Gasteiger partial charge in [0.1, 0.15) is 0 Å². The Kier molecular flexibility index (Phi) is 3.82. The normalized spacial score (nSPS) is 24.1. The molecule has 5 heteroatoms. The van der Waals surface area contributed by atoms with Crippen LogP contribution in [0.25, 0.3) is 6.08 Å². The predicted molar refractivity (Wildman–Crippen MR) is 78.4 cm³/mol. The molecule has 0 unspecified atom stereocenters. The Balaban J connectivity index is 2.35. The molecule has 1 aromatic rings. The first kappa shape index (κ1) is 14.9. The monoisotopic (exact) mass is 309 g/mol. The average molecular weight is 310 g/mol. The minimum Gasteiger partial charge on any atom is -0.481 e.